The lowest BCUT2D eigenvalue weighted by Crippen LogP contribution is -2.10. The van der Waals surface area contributed by atoms with Crippen LogP contribution in [0.5, 0.6) is 17.2 Å². The van der Waals surface area contributed by atoms with Crippen LogP contribution in [0.15, 0.2) is 54.6 Å². The second-order valence-corrected chi connectivity index (χ2v) is 4.57. The zero-order valence-corrected chi connectivity index (χ0v) is 11.9. The van der Waals surface area contributed by atoms with E-state index < -0.39 is 0 Å². The van der Waals surface area contributed by atoms with Crippen LogP contribution in [0.3, 0.4) is 0 Å². The van der Waals surface area contributed by atoms with E-state index in [2.05, 4.69) is 0 Å². The van der Waals surface area contributed by atoms with Gasteiger partial charge in [0.25, 0.3) is 0 Å². The first-order valence-corrected chi connectivity index (χ1v) is 6.76. The average Bonchev–Trinajstić information content (AvgIpc) is 2.50. The molecule has 2 aromatic carbocycles. The highest BCUT2D eigenvalue weighted by Gasteiger charge is 2.01. The molecule has 0 spiro atoms. The highest BCUT2D eigenvalue weighted by Crippen LogP contribution is 2.23. The van der Waals surface area contributed by atoms with Gasteiger partial charge in [-0.15, -0.1) is 0 Å². The molecular weight excluding hydrogens is 252 g/mol. The molecule has 0 bridgehead atoms. The maximum atomic E-state index is 5.72. The van der Waals surface area contributed by atoms with Crippen LogP contribution in [0, 0.1) is 0 Å². The summed E-state index contributed by atoms with van der Waals surface area (Å²) in [6.07, 6.45) is 1.09. The van der Waals surface area contributed by atoms with Crippen LogP contribution in [-0.4, -0.2) is 19.8 Å². The van der Waals surface area contributed by atoms with Crippen molar-refractivity contribution in [2.24, 2.45) is 0 Å². The Balaban J connectivity index is 1.84. The van der Waals surface area contributed by atoms with Crippen molar-refractivity contribution < 1.29 is 14.2 Å². The normalized spacial score (nSPS) is 11.9. The van der Waals surface area contributed by atoms with E-state index >= 15 is 0 Å². The third-order valence-electron chi connectivity index (χ3n) is 3.00. The highest BCUT2D eigenvalue weighted by molar-refractivity contribution is 5.35. The quantitative estimate of drug-likeness (QED) is 0.752. The molecule has 0 aliphatic heterocycles. The first kappa shape index (κ1) is 14.4. The largest absolute Gasteiger partial charge is 0.493 e. The van der Waals surface area contributed by atoms with Gasteiger partial charge in [0.05, 0.1) is 12.7 Å². The molecule has 3 nitrogen and oxygen atoms in total. The third-order valence-corrected chi connectivity index (χ3v) is 3.00. The number of methoxy groups -OCH3 is 1. The zero-order chi connectivity index (χ0) is 14.2. The lowest BCUT2D eigenvalue weighted by molar-refractivity contribution is 0.0955. The zero-order valence-electron chi connectivity index (χ0n) is 11.9. The van der Waals surface area contributed by atoms with E-state index in [0.717, 1.165) is 23.7 Å². The van der Waals surface area contributed by atoms with E-state index in [-0.39, 0.29) is 6.10 Å². The highest BCUT2D eigenvalue weighted by atomic mass is 16.5. The van der Waals surface area contributed by atoms with Crippen LogP contribution in [0.1, 0.15) is 13.3 Å². The molecule has 0 fully saturated rings. The summed E-state index contributed by atoms with van der Waals surface area (Å²) in [5, 5.41) is 0. The van der Waals surface area contributed by atoms with Gasteiger partial charge in [0.1, 0.15) is 17.2 Å². The molecule has 0 aliphatic rings. The fraction of sp³-hybridized carbons (Fsp3) is 0.294. The van der Waals surface area contributed by atoms with Gasteiger partial charge < -0.3 is 14.2 Å². The Kier molecular flexibility index (Phi) is 5.44. The van der Waals surface area contributed by atoms with E-state index in [0.29, 0.717) is 6.61 Å². The Labute approximate surface area is 120 Å². The molecule has 0 saturated carbocycles. The van der Waals surface area contributed by atoms with Gasteiger partial charge >= 0.3 is 0 Å². The standard InChI is InChI=1S/C17H20O3/c1-14(18-2)12-13-19-15-8-10-17(11-9-15)20-16-6-4-3-5-7-16/h3-11,14H,12-13H2,1-2H3. The summed E-state index contributed by atoms with van der Waals surface area (Å²) < 4.78 is 16.5. The molecule has 0 saturated heterocycles. The predicted molar refractivity (Wildman–Crippen MR) is 79.5 cm³/mol. The van der Waals surface area contributed by atoms with Crippen LogP contribution < -0.4 is 9.47 Å². The Bertz CT molecular complexity index is 493. The number of rotatable bonds is 7. The Morgan fingerprint density at radius 1 is 0.850 bits per heavy atom. The van der Waals surface area contributed by atoms with Gasteiger partial charge in [-0.05, 0) is 43.3 Å². The predicted octanol–water partition coefficient (Wildman–Crippen LogP) is 4.28. The summed E-state index contributed by atoms with van der Waals surface area (Å²) in [5.41, 5.74) is 0. The first-order valence-electron chi connectivity index (χ1n) is 6.76. The van der Waals surface area contributed by atoms with Crippen molar-refractivity contribution in [1.29, 1.82) is 0 Å². The molecule has 20 heavy (non-hydrogen) atoms. The summed E-state index contributed by atoms with van der Waals surface area (Å²) >= 11 is 0. The van der Waals surface area contributed by atoms with E-state index in [1.54, 1.807) is 7.11 Å². The Morgan fingerprint density at radius 3 is 2.10 bits per heavy atom. The molecule has 3 heteroatoms. The molecule has 0 N–H and O–H groups in total. The van der Waals surface area contributed by atoms with Crippen molar-refractivity contribution >= 4 is 0 Å². The van der Waals surface area contributed by atoms with Gasteiger partial charge in [-0.3, -0.25) is 0 Å². The lowest BCUT2D eigenvalue weighted by atomic mass is 10.3. The van der Waals surface area contributed by atoms with Gasteiger partial charge in [0.15, 0.2) is 0 Å². The second kappa shape index (κ2) is 7.56. The van der Waals surface area contributed by atoms with Gasteiger partial charge in [0.2, 0.25) is 0 Å². The Morgan fingerprint density at radius 2 is 1.45 bits per heavy atom. The smallest absolute Gasteiger partial charge is 0.127 e. The SMILES string of the molecule is COC(C)CCOc1ccc(Oc2ccccc2)cc1. The van der Waals surface area contributed by atoms with Crippen LogP contribution in [0.25, 0.3) is 0 Å². The van der Waals surface area contributed by atoms with Crippen LogP contribution >= 0.6 is 0 Å². The molecule has 0 heterocycles. The summed E-state index contributed by atoms with van der Waals surface area (Å²) in [6, 6.07) is 17.3. The maximum absolute atomic E-state index is 5.72. The molecule has 1 unspecified atom stereocenters. The van der Waals surface area contributed by atoms with Crippen molar-refractivity contribution in [2.75, 3.05) is 13.7 Å². The number of hydrogen-bond acceptors (Lipinski definition) is 3. The van der Waals surface area contributed by atoms with E-state index in [1.807, 2.05) is 61.5 Å². The molecule has 0 aliphatic carbocycles. The van der Waals surface area contributed by atoms with Crippen LogP contribution in [-0.2, 0) is 4.74 Å². The van der Waals surface area contributed by atoms with Crippen molar-refractivity contribution in [3.05, 3.63) is 54.6 Å². The molecule has 2 aromatic rings. The summed E-state index contributed by atoms with van der Waals surface area (Å²) in [5.74, 6) is 2.47. The molecule has 0 amide bonds. The minimum absolute atomic E-state index is 0.218. The van der Waals surface area contributed by atoms with Crippen LogP contribution in [0.2, 0.25) is 0 Å². The molecule has 0 aromatic heterocycles. The fourth-order valence-corrected chi connectivity index (χ4v) is 1.69. The van der Waals surface area contributed by atoms with Crippen molar-refractivity contribution in [1.82, 2.24) is 0 Å². The maximum Gasteiger partial charge on any atom is 0.127 e. The van der Waals surface area contributed by atoms with E-state index in [9.17, 15) is 0 Å². The first-order chi connectivity index (χ1) is 9.78. The molecule has 2 rings (SSSR count). The van der Waals surface area contributed by atoms with Crippen molar-refractivity contribution in [3.8, 4) is 17.2 Å². The number of benzene rings is 2. The van der Waals surface area contributed by atoms with Crippen LogP contribution in [0.4, 0.5) is 0 Å². The van der Waals surface area contributed by atoms with Crippen molar-refractivity contribution in [3.63, 3.8) is 0 Å². The second-order valence-electron chi connectivity index (χ2n) is 4.57. The molecule has 106 valence electrons. The molecule has 1 atom stereocenters. The van der Waals surface area contributed by atoms with Gasteiger partial charge in [-0.2, -0.15) is 0 Å². The summed E-state index contributed by atoms with van der Waals surface area (Å²) in [4.78, 5) is 0. The third kappa shape index (κ3) is 4.59. The summed E-state index contributed by atoms with van der Waals surface area (Å²) in [7, 11) is 1.71. The Hall–Kier alpha value is -2.00. The lowest BCUT2D eigenvalue weighted by Gasteiger charge is -2.11. The number of hydrogen-bond donors (Lipinski definition) is 0. The van der Waals surface area contributed by atoms with Gasteiger partial charge in [-0.25, -0.2) is 0 Å². The fourth-order valence-electron chi connectivity index (χ4n) is 1.69. The van der Waals surface area contributed by atoms with Crippen molar-refractivity contribution in [2.45, 2.75) is 19.4 Å². The summed E-state index contributed by atoms with van der Waals surface area (Å²) in [6.45, 7) is 2.67. The molecular formula is C17H20O3. The molecule has 0 radical (unpaired) electrons. The number of para-hydroxylation sites is 1. The average molecular weight is 272 g/mol. The van der Waals surface area contributed by atoms with E-state index in [4.69, 9.17) is 14.2 Å². The number of ether oxygens (including phenoxy) is 3. The van der Waals surface area contributed by atoms with Gasteiger partial charge in [-0.1, -0.05) is 18.2 Å². The topological polar surface area (TPSA) is 27.7 Å². The minimum atomic E-state index is 0.218. The van der Waals surface area contributed by atoms with Gasteiger partial charge in [0, 0.05) is 13.5 Å². The minimum Gasteiger partial charge on any atom is -0.493 e. The van der Waals surface area contributed by atoms with E-state index in [1.165, 1.54) is 0 Å². The monoisotopic (exact) mass is 272 g/mol.